The molecule has 2 aromatic heterocycles. The molecule has 0 unspecified atom stereocenters. The SMILES string of the molecule is Cc1nc(-c2ccc(OCC(C)(C)C)c(-n3cnnn3)c2)sc1C(=O)O. The second-order valence-electron chi connectivity index (χ2n) is 7.02. The fraction of sp³-hybridized carbons (Fsp3) is 0.353. The van der Waals surface area contributed by atoms with Gasteiger partial charge in [-0.05, 0) is 41.0 Å². The summed E-state index contributed by atoms with van der Waals surface area (Å²) in [5.41, 5.74) is 1.94. The first-order valence-corrected chi connectivity index (χ1v) is 8.77. The topological polar surface area (TPSA) is 103 Å². The van der Waals surface area contributed by atoms with Crippen LogP contribution >= 0.6 is 11.3 Å². The molecule has 0 bridgehead atoms. The Morgan fingerprint density at radius 2 is 2.12 bits per heavy atom. The average Bonchev–Trinajstić information content (AvgIpc) is 3.21. The summed E-state index contributed by atoms with van der Waals surface area (Å²) in [4.78, 5) is 15.9. The van der Waals surface area contributed by atoms with Gasteiger partial charge in [0.05, 0.1) is 12.3 Å². The third-order valence-corrected chi connectivity index (χ3v) is 4.65. The Morgan fingerprint density at radius 1 is 1.35 bits per heavy atom. The van der Waals surface area contributed by atoms with Gasteiger partial charge in [0, 0.05) is 5.56 Å². The number of hydrogen-bond acceptors (Lipinski definition) is 7. The van der Waals surface area contributed by atoms with Crippen LogP contribution in [0, 0.1) is 12.3 Å². The van der Waals surface area contributed by atoms with Gasteiger partial charge in [0.2, 0.25) is 0 Å². The molecule has 0 fully saturated rings. The molecule has 0 amide bonds. The van der Waals surface area contributed by atoms with Crippen molar-refractivity contribution in [3.05, 3.63) is 35.1 Å². The van der Waals surface area contributed by atoms with Crippen molar-refractivity contribution >= 4 is 17.3 Å². The van der Waals surface area contributed by atoms with E-state index in [2.05, 4.69) is 41.3 Å². The molecule has 0 saturated carbocycles. The predicted molar refractivity (Wildman–Crippen MR) is 96.9 cm³/mol. The lowest BCUT2D eigenvalue weighted by molar-refractivity contribution is 0.0701. The second-order valence-corrected chi connectivity index (χ2v) is 8.02. The predicted octanol–water partition coefficient (Wildman–Crippen LogP) is 3.22. The Balaban J connectivity index is 2.02. The molecule has 2 heterocycles. The number of benzene rings is 1. The maximum Gasteiger partial charge on any atom is 0.347 e. The van der Waals surface area contributed by atoms with Crippen LogP contribution in [0.2, 0.25) is 0 Å². The largest absolute Gasteiger partial charge is 0.491 e. The van der Waals surface area contributed by atoms with Crippen molar-refractivity contribution in [3.8, 4) is 22.0 Å². The molecule has 136 valence electrons. The van der Waals surface area contributed by atoms with Gasteiger partial charge in [-0.2, -0.15) is 4.68 Å². The van der Waals surface area contributed by atoms with Gasteiger partial charge in [0.1, 0.15) is 27.6 Å². The number of carboxylic acid groups (broad SMARTS) is 1. The summed E-state index contributed by atoms with van der Waals surface area (Å²) in [6.07, 6.45) is 1.48. The Hall–Kier alpha value is -2.81. The first-order chi connectivity index (χ1) is 12.2. The molecule has 0 radical (unpaired) electrons. The minimum atomic E-state index is -0.975. The van der Waals surface area contributed by atoms with Gasteiger partial charge in [-0.3, -0.25) is 0 Å². The van der Waals surface area contributed by atoms with E-state index in [1.165, 1.54) is 11.0 Å². The summed E-state index contributed by atoms with van der Waals surface area (Å²) in [6, 6.07) is 5.53. The van der Waals surface area contributed by atoms with Gasteiger partial charge >= 0.3 is 5.97 Å². The summed E-state index contributed by atoms with van der Waals surface area (Å²) in [5, 5.41) is 21.2. The number of thiazole rings is 1. The third-order valence-electron chi connectivity index (χ3n) is 3.45. The van der Waals surface area contributed by atoms with Crippen LogP contribution in [0.1, 0.15) is 36.1 Å². The molecule has 0 aliphatic heterocycles. The summed E-state index contributed by atoms with van der Waals surface area (Å²) in [6.45, 7) is 8.48. The molecule has 26 heavy (non-hydrogen) atoms. The standard InChI is InChI=1S/C17H19N5O3S/c1-10-14(16(23)24)26-15(19-10)11-5-6-13(25-8-17(2,3)4)12(7-11)22-9-18-20-21-22/h5-7,9H,8H2,1-4H3,(H,23,24). The second kappa shape index (κ2) is 6.83. The van der Waals surface area contributed by atoms with Crippen LogP contribution in [0.3, 0.4) is 0 Å². The number of hydrogen-bond donors (Lipinski definition) is 1. The van der Waals surface area contributed by atoms with E-state index in [1.54, 1.807) is 6.92 Å². The summed E-state index contributed by atoms with van der Waals surface area (Å²) >= 11 is 1.14. The molecule has 0 saturated heterocycles. The van der Waals surface area contributed by atoms with Gasteiger partial charge in [-0.15, -0.1) is 16.4 Å². The number of aromatic nitrogens is 5. The highest BCUT2D eigenvalue weighted by Crippen LogP contribution is 2.33. The van der Waals surface area contributed by atoms with Crippen LogP contribution in [0.4, 0.5) is 0 Å². The number of rotatable bonds is 5. The third kappa shape index (κ3) is 3.88. The normalized spacial score (nSPS) is 11.5. The fourth-order valence-corrected chi connectivity index (χ4v) is 3.14. The van der Waals surface area contributed by atoms with Crippen LogP contribution in [0.25, 0.3) is 16.3 Å². The molecular formula is C17H19N5O3S. The number of carboxylic acids is 1. The Morgan fingerprint density at radius 3 is 2.69 bits per heavy atom. The van der Waals surface area contributed by atoms with Crippen molar-refractivity contribution in [3.63, 3.8) is 0 Å². The molecule has 3 rings (SSSR count). The molecule has 1 aromatic carbocycles. The minimum Gasteiger partial charge on any atom is -0.491 e. The van der Waals surface area contributed by atoms with Crippen LogP contribution in [0.15, 0.2) is 24.5 Å². The van der Waals surface area contributed by atoms with Crippen molar-refractivity contribution in [2.75, 3.05) is 6.61 Å². The van der Waals surface area contributed by atoms with Gasteiger partial charge in [-0.1, -0.05) is 20.8 Å². The summed E-state index contributed by atoms with van der Waals surface area (Å²) < 4.78 is 7.47. The molecule has 9 heteroatoms. The molecule has 0 aliphatic rings. The van der Waals surface area contributed by atoms with Gasteiger partial charge in [0.15, 0.2) is 0 Å². The molecule has 0 aliphatic carbocycles. The maximum atomic E-state index is 11.3. The minimum absolute atomic E-state index is 0.000629. The molecular weight excluding hydrogens is 354 g/mol. The van der Waals surface area contributed by atoms with Crippen LogP contribution < -0.4 is 4.74 Å². The first-order valence-electron chi connectivity index (χ1n) is 7.96. The van der Waals surface area contributed by atoms with Crippen molar-refractivity contribution in [1.82, 2.24) is 25.2 Å². The van der Waals surface area contributed by atoms with E-state index in [4.69, 9.17) is 4.74 Å². The van der Waals surface area contributed by atoms with Gasteiger partial charge in [0.25, 0.3) is 0 Å². The van der Waals surface area contributed by atoms with Crippen LogP contribution in [-0.2, 0) is 0 Å². The van der Waals surface area contributed by atoms with Gasteiger partial charge in [-0.25, -0.2) is 9.78 Å². The van der Waals surface area contributed by atoms with Crippen molar-refractivity contribution in [2.45, 2.75) is 27.7 Å². The van der Waals surface area contributed by atoms with Crippen molar-refractivity contribution in [1.29, 1.82) is 0 Å². The highest BCUT2D eigenvalue weighted by molar-refractivity contribution is 7.17. The smallest absolute Gasteiger partial charge is 0.347 e. The fourth-order valence-electron chi connectivity index (χ4n) is 2.24. The van der Waals surface area contributed by atoms with E-state index in [-0.39, 0.29) is 10.3 Å². The van der Waals surface area contributed by atoms with Crippen LogP contribution in [0.5, 0.6) is 5.75 Å². The zero-order chi connectivity index (χ0) is 18.9. The van der Waals surface area contributed by atoms with E-state index in [1.807, 2.05) is 18.2 Å². The lowest BCUT2D eigenvalue weighted by Gasteiger charge is -2.20. The number of nitrogens with zero attached hydrogens (tertiary/aromatic N) is 5. The van der Waals surface area contributed by atoms with E-state index < -0.39 is 5.97 Å². The average molecular weight is 373 g/mol. The van der Waals surface area contributed by atoms with E-state index in [0.717, 1.165) is 16.9 Å². The van der Waals surface area contributed by atoms with Gasteiger partial charge < -0.3 is 9.84 Å². The monoisotopic (exact) mass is 373 g/mol. The Kier molecular flexibility index (Phi) is 4.73. The lowest BCUT2D eigenvalue weighted by atomic mass is 9.99. The highest BCUT2D eigenvalue weighted by Gasteiger charge is 2.18. The summed E-state index contributed by atoms with van der Waals surface area (Å²) in [5.74, 6) is -0.334. The molecule has 3 aromatic rings. The zero-order valence-corrected chi connectivity index (χ0v) is 15.7. The molecule has 1 N–H and O–H groups in total. The van der Waals surface area contributed by atoms with E-state index in [9.17, 15) is 9.90 Å². The zero-order valence-electron chi connectivity index (χ0n) is 14.9. The summed E-state index contributed by atoms with van der Waals surface area (Å²) in [7, 11) is 0. The maximum absolute atomic E-state index is 11.3. The number of aryl methyl sites for hydroxylation is 1. The number of tetrazole rings is 1. The first kappa shape index (κ1) is 18.0. The van der Waals surface area contributed by atoms with Crippen molar-refractivity contribution < 1.29 is 14.6 Å². The number of ether oxygens (including phenoxy) is 1. The molecule has 8 nitrogen and oxygen atoms in total. The number of aromatic carboxylic acids is 1. The molecule has 0 spiro atoms. The molecule has 0 atom stereocenters. The highest BCUT2D eigenvalue weighted by atomic mass is 32.1. The van der Waals surface area contributed by atoms with Crippen molar-refractivity contribution in [2.24, 2.45) is 5.41 Å². The Labute approximate surface area is 154 Å². The lowest BCUT2D eigenvalue weighted by Crippen LogP contribution is -2.17. The van der Waals surface area contributed by atoms with E-state index in [0.29, 0.717) is 28.7 Å². The number of carbonyl (C=O) groups is 1. The van der Waals surface area contributed by atoms with E-state index >= 15 is 0 Å². The van der Waals surface area contributed by atoms with Crippen LogP contribution in [-0.4, -0.2) is 42.9 Å². The Bertz CT molecular complexity index is 929. The quantitative estimate of drug-likeness (QED) is 0.732.